The van der Waals surface area contributed by atoms with Crippen molar-refractivity contribution in [3.63, 3.8) is 0 Å². The molecule has 2 aromatic rings. The largest absolute Gasteiger partial charge is 0.488 e. The third kappa shape index (κ3) is 3.14. The maximum Gasteiger partial charge on any atom is 0.488 e. The molecule has 0 bridgehead atoms. The summed E-state index contributed by atoms with van der Waals surface area (Å²) in [5, 5.41) is 2.10. The van der Waals surface area contributed by atoms with Crippen LogP contribution in [0.3, 0.4) is 0 Å². The molecule has 0 aliphatic rings. The van der Waals surface area contributed by atoms with Crippen LogP contribution in [0.2, 0.25) is 0 Å². The van der Waals surface area contributed by atoms with Crippen molar-refractivity contribution in [1.29, 1.82) is 0 Å². The van der Waals surface area contributed by atoms with Crippen molar-refractivity contribution < 1.29 is 16.5 Å². The van der Waals surface area contributed by atoms with E-state index in [4.69, 9.17) is 5.73 Å². The second kappa shape index (κ2) is 4.30. The Hall–Kier alpha value is -1.67. The van der Waals surface area contributed by atoms with E-state index in [0.29, 0.717) is 16.4 Å². The molecule has 2 rings (SSSR count). The average molecular weight is 274 g/mol. The first-order valence-corrected chi connectivity index (χ1v) is 6.58. The second-order valence-corrected chi connectivity index (χ2v) is 4.92. The molecule has 0 saturated carbocycles. The molecule has 0 spiro atoms. The summed E-state index contributed by atoms with van der Waals surface area (Å²) in [6, 6.07) is 5.92. The lowest BCUT2D eigenvalue weighted by Crippen LogP contribution is -2.00. The standard InChI is InChI=1S/C9H7FN2O3S2/c10-17(13,14)15-7-3-1-2-6(4-7)8-5-16-9(11)12-8/h1-5H,(H2,11,12). The second-order valence-electron chi connectivity index (χ2n) is 3.08. The lowest BCUT2D eigenvalue weighted by atomic mass is 10.2. The van der Waals surface area contributed by atoms with Crippen LogP contribution in [0.4, 0.5) is 9.02 Å². The van der Waals surface area contributed by atoms with Crippen LogP contribution in [0.25, 0.3) is 11.3 Å². The van der Waals surface area contributed by atoms with Crippen LogP contribution < -0.4 is 9.92 Å². The zero-order chi connectivity index (χ0) is 12.5. The van der Waals surface area contributed by atoms with Gasteiger partial charge in [-0.05, 0) is 12.1 Å². The maximum atomic E-state index is 12.3. The summed E-state index contributed by atoms with van der Waals surface area (Å²) in [4.78, 5) is 4.02. The average Bonchev–Trinajstić information content (AvgIpc) is 2.63. The van der Waals surface area contributed by atoms with E-state index in [-0.39, 0.29) is 5.75 Å². The van der Waals surface area contributed by atoms with Gasteiger partial charge in [-0.25, -0.2) is 4.98 Å². The molecule has 0 amide bonds. The summed E-state index contributed by atoms with van der Waals surface area (Å²) in [6.07, 6.45) is 0. The summed E-state index contributed by atoms with van der Waals surface area (Å²) in [5.74, 6) is -0.114. The summed E-state index contributed by atoms with van der Waals surface area (Å²) in [7, 11) is -5.01. The van der Waals surface area contributed by atoms with Gasteiger partial charge in [0.15, 0.2) is 5.13 Å². The van der Waals surface area contributed by atoms with Crippen LogP contribution in [-0.2, 0) is 10.5 Å². The number of aromatic nitrogens is 1. The smallest absolute Gasteiger partial charge is 0.375 e. The Kier molecular flexibility index (Phi) is 2.99. The first-order valence-electron chi connectivity index (χ1n) is 4.39. The molecule has 0 aliphatic heterocycles. The van der Waals surface area contributed by atoms with Gasteiger partial charge in [0.1, 0.15) is 5.75 Å². The molecule has 0 aliphatic carbocycles. The number of hydrogen-bond donors (Lipinski definition) is 1. The Bertz CT molecular complexity index is 639. The number of nitrogen functional groups attached to an aromatic ring is 1. The van der Waals surface area contributed by atoms with Crippen LogP contribution in [0, 0.1) is 0 Å². The van der Waals surface area contributed by atoms with Gasteiger partial charge in [-0.1, -0.05) is 16.0 Å². The van der Waals surface area contributed by atoms with Crippen LogP contribution >= 0.6 is 11.3 Å². The molecule has 1 aromatic heterocycles. The molecule has 2 N–H and O–H groups in total. The number of thiazole rings is 1. The van der Waals surface area contributed by atoms with E-state index in [1.165, 1.54) is 29.5 Å². The van der Waals surface area contributed by atoms with Gasteiger partial charge in [-0.15, -0.1) is 11.3 Å². The van der Waals surface area contributed by atoms with Crippen molar-refractivity contribution in [3.8, 4) is 17.0 Å². The Morgan fingerprint density at radius 2 is 2.18 bits per heavy atom. The Balaban J connectivity index is 2.35. The first kappa shape index (κ1) is 11.8. The van der Waals surface area contributed by atoms with E-state index in [1.807, 2.05) is 0 Å². The van der Waals surface area contributed by atoms with Crippen molar-refractivity contribution in [1.82, 2.24) is 4.98 Å². The number of halogens is 1. The lowest BCUT2D eigenvalue weighted by Gasteiger charge is -2.01. The van der Waals surface area contributed by atoms with Crippen LogP contribution in [0.15, 0.2) is 29.6 Å². The van der Waals surface area contributed by atoms with Crippen LogP contribution in [0.1, 0.15) is 0 Å². The lowest BCUT2D eigenvalue weighted by molar-refractivity contribution is 0.440. The fourth-order valence-corrected chi connectivity index (χ4v) is 2.15. The Morgan fingerprint density at radius 3 is 2.76 bits per heavy atom. The van der Waals surface area contributed by atoms with Gasteiger partial charge in [0.05, 0.1) is 5.69 Å². The van der Waals surface area contributed by atoms with Crippen molar-refractivity contribution in [3.05, 3.63) is 29.6 Å². The van der Waals surface area contributed by atoms with Gasteiger partial charge >= 0.3 is 10.5 Å². The molecule has 90 valence electrons. The molecule has 0 saturated heterocycles. The van der Waals surface area contributed by atoms with Gasteiger partial charge in [0, 0.05) is 10.9 Å². The molecule has 1 heterocycles. The number of hydrogen-bond acceptors (Lipinski definition) is 6. The third-order valence-electron chi connectivity index (χ3n) is 1.85. The Labute approximate surface area is 101 Å². The number of benzene rings is 1. The van der Waals surface area contributed by atoms with E-state index in [2.05, 4.69) is 9.17 Å². The third-order valence-corrected chi connectivity index (χ3v) is 2.91. The molecule has 0 atom stereocenters. The monoisotopic (exact) mass is 274 g/mol. The van der Waals surface area contributed by atoms with Gasteiger partial charge in [0.25, 0.3) is 0 Å². The summed E-state index contributed by atoms with van der Waals surface area (Å²) >= 11 is 1.25. The van der Waals surface area contributed by atoms with Crippen molar-refractivity contribution in [2.24, 2.45) is 0 Å². The van der Waals surface area contributed by atoms with Crippen LogP contribution in [0.5, 0.6) is 5.75 Å². The van der Waals surface area contributed by atoms with Gasteiger partial charge in [-0.2, -0.15) is 8.42 Å². The van der Waals surface area contributed by atoms with Crippen molar-refractivity contribution in [2.45, 2.75) is 0 Å². The highest BCUT2D eigenvalue weighted by Crippen LogP contribution is 2.26. The fourth-order valence-electron chi connectivity index (χ4n) is 1.24. The van der Waals surface area contributed by atoms with E-state index in [1.54, 1.807) is 11.4 Å². The maximum absolute atomic E-state index is 12.3. The summed E-state index contributed by atoms with van der Waals surface area (Å²) in [6.45, 7) is 0. The van der Waals surface area contributed by atoms with Gasteiger partial charge in [-0.3, -0.25) is 0 Å². The predicted molar refractivity (Wildman–Crippen MR) is 62.6 cm³/mol. The fraction of sp³-hybridized carbons (Fsp3) is 0. The van der Waals surface area contributed by atoms with Crippen molar-refractivity contribution in [2.75, 3.05) is 5.73 Å². The minimum absolute atomic E-state index is 0.114. The highest BCUT2D eigenvalue weighted by molar-refractivity contribution is 7.81. The highest BCUT2D eigenvalue weighted by atomic mass is 32.3. The number of nitrogens with two attached hydrogens (primary N) is 1. The molecule has 0 fully saturated rings. The van der Waals surface area contributed by atoms with E-state index >= 15 is 0 Å². The number of anilines is 1. The van der Waals surface area contributed by atoms with Gasteiger partial charge < -0.3 is 9.92 Å². The normalized spacial score (nSPS) is 11.4. The SMILES string of the molecule is Nc1nc(-c2cccc(OS(=O)(=O)F)c2)cs1. The summed E-state index contributed by atoms with van der Waals surface area (Å²) < 4.78 is 37.1. The topological polar surface area (TPSA) is 82.3 Å². The van der Waals surface area contributed by atoms with Gasteiger partial charge in [0.2, 0.25) is 0 Å². The predicted octanol–water partition coefficient (Wildman–Crippen LogP) is 1.99. The zero-order valence-electron chi connectivity index (χ0n) is 8.33. The molecule has 8 heteroatoms. The quantitative estimate of drug-likeness (QED) is 0.865. The Morgan fingerprint density at radius 1 is 1.41 bits per heavy atom. The van der Waals surface area contributed by atoms with E-state index in [0.717, 1.165) is 0 Å². The molecular weight excluding hydrogens is 267 g/mol. The molecule has 5 nitrogen and oxygen atoms in total. The van der Waals surface area contributed by atoms with Crippen molar-refractivity contribution >= 4 is 27.0 Å². The molecular formula is C9H7FN2O3S2. The summed E-state index contributed by atoms with van der Waals surface area (Å²) in [5.41, 5.74) is 6.65. The van der Waals surface area contributed by atoms with Crippen LogP contribution in [-0.4, -0.2) is 13.4 Å². The number of nitrogens with zero attached hydrogens (tertiary/aromatic N) is 1. The zero-order valence-corrected chi connectivity index (χ0v) is 9.96. The number of rotatable bonds is 3. The van der Waals surface area contributed by atoms with E-state index < -0.39 is 10.5 Å². The molecule has 17 heavy (non-hydrogen) atoms. The molecule has 1 aromatic carbocycles. The molecule has 0 radical (unpaired) electrons. The minimum Gasteiger partial charge on any atom is -0.375 e. The molecule has 0 unspecified atom stereocenters. The highest BCUT2D eigenvalue weighted by Gasteiger charge is 2.11. The minimum atomic E-state index is -5.01. The first-order chi connectivity index (χ1) is 7.94. The van der Waals surface area contributed by atoms with E-state index in [9.17, 15) is 12.3 Å².